The van der Waals surface area contributed by atoms with Crippen molar-refractivity contribution in [3.05, 3.63) is 0 Å². The Morgan fingerprint density at radius 2 is 2.05 bits per heavy atom. The first-order chi connectivity index (χ1) is 9.13. The number of methoxy groups -OCH3 is 1. The highest BCUT2D eigenvalue weighted by Gasteiger charge is 2.40. The van der Waals surface area contributed by atoms with Crippen LogP contribution in [0.5, 0.6) is 0 Å². The highest BCUT2D eigenvalue weighted by atomic mass is 16.5. The van der Waals surface area contributed by atoms with E-state index >= 15 is 0 Å². The zero-order chi connectivity index (χ0) is 13.7. The minimum Gasteiger partial charge on any atom is -0.383 e. The molecule has 1 spiro atoms. The van der Waals surface area contributed by atoms with Crippen molar-refractivity contribution in [1.82, 2.24) is 4.90 Å². The van der Waals surface area contributed by atoms with E-state index in [1.165, 1.54) is 44.9 Å². The van der Waals surface area contributed by atoms with E-state index in [1.807, 2.05) is 0 Å². The first kappa shape index (κ1) is 15.2. The Bertz CT molecular complexity index is 267. The summed E-state index contributed by atoms with van der Waals surface area (Å²) in [6.45, 7) is 2.50. The summed E-state index contributed by atoms with van der Waals surface area (Å²) < 4.78 is 11.5. The second-order valence-electron chi connectivity index (χ2n) is 6.46. The minimum atomic E-state index is 0.0973. The summed E-state index contributed by atoms with van der Waals surface area (Å²) in [4.78, 5) is 2.29. The third-order valence-corrected chi connectivity index (χ3v) is 4.55. The second-order valence-corrected chi connectivity index (χ2v) is 6.46. The Morgan fingerprint density at radius 3 is 2.74 bits per heavy atom. The zero-order valence-corrected chi connectivity index (χ0v) is 12.6. The molecule has 0 amide bonds. The summed E-state index contributed by atoms with van der Waals surface area (Å²) in [5.41, 5.74) is 6.22. The number of nitrogens with two attached hydrogens (primary N) is 1. The predicted molar refractivity (Wildman–Crippen MR) is 77.3 cm³/mol. The van der Waals surface area contributed by atoms with Crippen molar-refractivity contribution >= 4 is 0 Å². The van der Waals surface area contributed by atoms with Crippen LogP contribution in [0.3, 0.4) is 0 Å². The Labute approximate surface area is 117 Å². The van der Waals surface area contributed by atoms with Crippen molar-refractivity contribution in [2.45, 2.75) is 62.7 Å². The number of hydrogen-bond acceptors (Lipinski definition) is 4. The molecule has 2 N–H and O–H groups in total. The highest BCUT2D eigenvalue weighted by molar-refractivity contribution is 4.92. The van der Waals surface area contributed by atoms with Crippen LogP contribution in [0.1, 0.15) is 44.9 Å². The van der Waals surface area contributed by atoms with Crippen LogP contribution in [0.25, 0.3) is 0 Å². The monoisotopic (exact) mass is 270 g/mol. The van der Waals surface area contributed by atoms with Gasteiger partial charge < -0.3 is 20.1 Å². The van der Waals surface area contributed by atoms with E-state index in [0.717, 1.165) is 13.1 Å². The van der Waals surface area contributed by atoms with Crippen molar-refractivity contribution in [2.75, 3.05) is 33.9 Å². The fourth-order valence-corrected chi connectivity index (χ4v) is 3.68. The molecule has 2 atom stereocenters. The number of nitrogens with zero attached hydrogens (tertiary/aromatic N) is 1. The molecule has 0 aromatic rings. The van der Waals surface area contributed by atoms with Crippen LogP contribution in [-0.4, -0.2) is 56.5 Å². The molecule has 0 aromatic carbocycles. The van der Waals surface area contributed by atoms with E-state index in [1.54, 1.807) is 7.11 Å². The molecule has 0 bridgehead atoms. The molecule has 1 saturated heterocycles. The van der Waals surface area contributed by atoms with Crippen LogP contribution in [0.15, 0.2) is 0 Å². The fourth-order valence-electron chi connectivity index (χ4n) is 3.68. The first-order valence-corrected chi connectivity index (χ1v) is 7.74. The maximum Gasteiger partial charge on any atom is 0.0710 e. The zero-order valence-electron chi connectivity index (χ0n) is 12.6. The molecule has 1 heterocycles. The lowest BCUT2D eigenvalue weighted by Crippen LogP contribution is -2.42. The molecule has 2 unspecified atom stereocenters. The Balaban J connectivity index is 1.72. The summed E-state index contributed by atoms with van der Waals surface area (Å²) in [6.07, 6.45) is 9.51. The Kier molecular flexibility index (Phi) is 5.63. The van der Waals surface area contributed by atoms with Crippen LogP contribution in [0.4, 0.5) is 0 Å². The number of hydrogen-bond donors (Lipinski definition) is 1. The summed E-state index contributed by atoms with van der Waals surface area (Å²) in [6, 6.07) is 0.0973. The molecule has 19 heavy (non-hydrogen) atoms. The van der Waals surface area contributed by atoms with Crippen LogP contribution in [0, 0.1) is 0 Å². The molecule has 1 aliphatic carbocycles. The molecule has 1 aliphatic heterocycles. The molecular formula is C15H30N2O2. The smallest absolute Gasteiger partial charge is 0.0710 e. The largest absolute Gasteiger partial charge is 0.383 e. The van der Waals surface area contributed by atoms with Gasteiger partial charge in [-0.2, -0.15) is 0 Å². The molecule has 4 heteroatoms. The average molecular weight is 270 g/mol. The van der Waals surface area contributed by atoms with Gasteiger partial charge in [0, 0.05) is 26.2 Å². The number of ether oxygens (including phenoxy) is 2. The van der Waals surface area contributed by atoms with Crippen molar-refractivity contribution in [3.63, 3.8) is 0 Å². The summed E-state index contributed by atoms with van der Waals surface area (Å²) in [7, 11) is 3.83. The highest BCUT2D eigenvalue weighted by Crippen LogP contribution is 2.41. The van der Waals surface area contributed by atoms with Gasteiger partial charge in [0.1, 0.15) is 0 Å². The second kappa shape index (κ2) is 7.02. The van der Waals surface area contributed by atoms with Crippen LogP contribution in [0.2, 0.25) is 0 Å². The maximum absolute atomic E-state index is 6.39. The lowest BCUT2D eigenvalue weighted by molar-refractivity contribution is -0.0706. The van der Waals surface area contributed by atoms with Gasteiger partial charge in [0.25, 0.3) is 0 Å². The van der Waals surface area contributed by atoms with Gasteiger partial charge in [-0.1, -0.05) is 19.3 Å². The Morgan fingerprint density at radius 1 is 1.32 bits per heavy atom. The topological polar surface area (TPSA) is 47.7 Å². The van der Waals surface area contributed by atoms with E-state index in [2.05, 4.69) is 11.9 Å². The van der Waals surface area contributed by atoms with E-state index in [4.69, 9.17) is 15.2 Å². The molecule has 1 saturated carbocycles. The molecule has 2 fully saturated rings. The Hall–Kier alpha value is -0.160. The van der Waals surface area contributed by atoms with Gasteiger partial charge in [0.05, 0.1) is 18.3 Å². The van der Waals surface area contributed by atoms with Gasteiger partial charge in [-0.3, -0.25) is 0 Å². The van der Waals surface area contributed by atoms with Crippen molar-refractivity contribution in [2.24, 2.45) is 5.73 Å². The molecule has 2 rings (SSSR count). The van der Waals surface area contributed by atoms with Gasteiger partial charge in [-0.15, -0.1) is 0 Å². The lowest BCUT2D eigenvalue weighted by atomic mass is 9.83. The maximum atomic E-state index is 6.39. The fraction of sp³-hybridized carbons (Fsp3) is 1.00. The lowest BCUT2D eigenvalue weighted by Gasteiger charge is -2.34. The van der Waals surface area contributed by atoms with E-state index in [9.17, 15) is 0 Å². The summed E-state index contributed by atoms with van der Waals surface area (Å²) in [5, 5.41) is 0. The van der Waals surface area contributed by atoms with Crippen LogP contribution in [-0.2, 0) is 9.47 Å². The summed E-state index contributed by atoms with van der Waals surface area (Å²) in [5.74, 6) is 0. The van der Waals surface area contributed by atoms with Gasteiger partial charge in [0.15, 0.2) is 0 Å². The van der Waals surface area contributed by atoms with Crippen molar-refractivity contribution in [1.29, 1.82) is 0 Å². The molecule has 112 valence electrons. The molecule has 2 aliphatic rings. The van der Waals surface area contributed by atoms with Crippen molar-refractivity contribution < 1.29 is 9.47 Å². The van der Waals surface area contributed by atoms with E-state index in [-0.39, 0.29) is 11.6 Å². The quantitative estimate of drug-likeness (QED) is 0.799. The van der Waals surface area contributed by atoms with Gasteiger partial charge in [-0.25, -0.2) is 0 Å². The average Bonchev–Trinajstić information content (AvgIpc) is 2.73. The number of rotatable bonds is 6. The third-order valence-electron chi connectivity index (χ3n) is 4.55. The van der Waals surface area contributed by atoms with Crippen LogP contribution < -0.4 is 5.73 Å². The van der Waals surface area contributed by atoms with Crippen LogP contribution >= 0.6 is 0 Å². The SMILES string of the molecule is COCC(N)CN(C)CC1CCC2(CCCCC2)O1. The van der Waals surface area contributed by atoms with Gasteiger partial charge in [-0.05, 0) is 32.7 Å². The predicted octanol–water partition coefficient (Wildman–Crippen LogP) is 1.77. The van der Waals surface area contributed by atoms with Gasteiger partial charge in [0.2, 0.25) is 0 Å². The van der Waals surface area contributed by atoms with Crippen molar-refractivity contribution in [3.8, 4) is 0 Å². The first-order valence-electron chi connectivity index (χ1n) is 7.74. The summed E-state index contributed by atoms with van der Waals surface area (Å²) >= 11 is 0. The normalized spacial score (nSPS) is 28.1. The molecule has 0 aromatic heterocycles. The third kappa shape index (κ3) is 4.42. The molecular weight excluding hydrogens is 240 g/mol. The standard InChI is InChI=1S/C15H30N2O2/c1-17(10-13(16)12-18-2)11-14-6-9-15(19-14)7-4-3-5-8-15/h13-14H,3-12,16H2,1-2H3. The van der Waals surface area contributed by atoms with E-state index in [0.29, 0.717) is 12.7 Å². The molecule has 0 radical (unpaired) electrons. The van der Waals surface area contributed by atoms with Gasteiger partial charge >= 0.3 is 0 Å². The molecule has 4 nitrogen and oxygen atoms in total. The van der Waals surface area contributed by atoms with E-state index < -0.39 is 0 Å². The minimum absolute atomic E-state index is 0.0973. The number of likely N-dealkylation sites (N-methyl/N-ethyl adjacent to an activating group) is 1.